The molecular weight excluding hydrogens is 326 g/mol. The molecule has 0 bridgehead atoms. The van der Waals surface area contributed by atoms with Gasteiger partial charge in [-0.25, -0.2) is 4.79 Å². The molecule has 3 rings (SSSR count). The molecule has 2 aliphatic heterocycles. The molecule has 2 N–H and O–H groups in total. The number of nitrogens with zero attached hydrogens (tertiary/aromatic N) is 1. The predicted molar refractivity (Wildman–Crippen MR) is 103 cm³/mol. The van der Waals surface area contributed by atoms with E-state index in [1.54, 1.807) is 0 Å². The summed E-state index contributed by atoms with van der Waals surface area (Å²) in [6.07, 6.45) is 2.46. The van der Waals surface area contributed by atoms with Crippen molar-refractivity contribution < 1.29 is 9.59 Å². The lowest BCUT2D eigenvalue weighted by molar-refractivity contribution is -0.139. The molecule has 2 saturated heterocycles. The summed E-state index contributed by atoms with van der Waals surface area (Å²) in [7, 11) is 0. The molecule has 3 amide bonds. The second kappa shape index (κ2) is 6.38. The molecule has 26 heavy (non-hydrogen) atoms. The number of urea groups is 1. The first-order valence-corrected chi connectivity index (χ1v) is 9.59. The quantitative estimate of drug-likeness (QED) is 0.812. The van der Waals surface area contributed by atoms with Gasteiger partial charge >= 0.3 is 6.03 Å². The van der Waals surface area contributed by atoms with Gasteiger partial charge in [-0.3, -0.25) is 9.69 Å². The number of rotatable bonds is 4. The second-order valence-corrected chi connectivity index (χ2v) is 9.03. The van der Waals surface area contributed by atoms with Gasteiger partial charge < -0.3 is 10.6 Å². The average Bonchev–Trinajstić information content (AvgIpc) is 2.75. The van der Waals surface area contributed by atoms with Crippen LogP contribution in [0.3, 0.4) is 0 Å². The van der Waals surface area contributed by atoms with Crippen LogP contribution in [-0.4, -0.2) is 33.5 Å². The number of amides is 3. The number of benzene rings is 1. The Labute approximate surface area is 156 Å². The summed E-state index contributed by atoms with van der Waals surface area (Å²) in [5, 5.41) is 6.83. The third kappa shape index (κ3) is 3.13. The number of carbonyl (C=O) groups is 2. The van der Waals surface area contributed by atoms with Crippen molar-refractivity contribution in [1.29, 1.82) is 0 Å². The summed E-state index contributed by atoms with van der Waals surface area (Å²) in [5.41, 5.74) is -0.351. The van der Waals surface area contributed by atoms with E-state index in [1.807, 2.05) is 30.3 Å². The van der Waals surface area contributed by atoms with Crippen LogP contribution < -0.4 is 10.6 Å². The van der Waals surface area contributed by atoms with E-state index in [0.29, 0.717) is 13.0 Å². The summed E-state index contributed by atoms with van der Waals surface area (Å²) in [5.74, 6) is -0.0299. The van der Waals surface area contributed by atoms with Gasteiger partial charge in [0.2, 0.25) is 0 Å². The highest BCUT2D eigenvalue weighted by molar-refractivity contribution is 6.07. The zero-order valence-corrected chi connectivity index (χ0v) is 16.6. The molecule has 5 nitrogen and oxygen atoms in total. The maximum absolute atomic E-state index is 13.6. The number of piperidine rings is 1. The Balaban J connectivity index is 1.98. The van der Waals surface area contributed by atoms with Crippen LogP contribution >= 0.6 is 0 Å². The lowest BCUT2D eigenvalue weighted by Crippen LogP contribution is -2.73. The SMILES string of the molecule is CCCC1C(C)(C)NC(C)(C)CC12NC(=O)N(Cc1ccccc1)C2=O. The van der Waals surface area contributed by atoms with Gasteiger partial charge in [0.25, 0.3) is 5.91 Å². The largest absolute Gasteiger partial charge is 0.325 e. The van der Waals surface area contributed by atoms with Gasteiger partial charge in [0.15, 0.2) is 0 Å². The van der Waals surface area contributed by atoms with E-state index >= 15 is 0 Å². The minimum Gasteiger partial charge on any atom is -0.323 e. The van der Waals surface area contributed by atoms with E-state index in [0.717, 1.165) is 18.4 Å². The fraction of sp³-hybridized carbons (Fsp3) is 0.619. The lowest BCUT2D eigenvalue weighted by atomic mass is 9.61. The highest BCUT2D eigenvalue weighted by Gasteiger charge is 2.63. The molecule has 1 aromatic carbocycles. The first-order valence-electron chi connectivity index (χ1n) is 9.59. The Morgan fingerprint density at radius 3 is 2.38 bits per heavy atom. The van der Waals surface area contributed by atoms with Crippen LogP contribution in [-0.2, 0) is 11.3 Å². The molecule has 2 fully saturated rings. The van der Waals surface area contributed by atoms with Crippen LogP contribution in [0, 0.1) is 5.92 Å². The van der Waals surface area contributed by atoms with E-state index < -0.39 is 5.54 Å². The van der Waals surface area contributed by atoms with Crippen molar-refractivity contribution in [3.05, 3.63) is 35.9 Å². The monoisotopic (exact) mass is 357 g/mol. The van der Waals surface area contributed by atoms with Gasteiger partial charge in [-0.2, -0.15) is 0 Å². The van der Waals surface area contributed by atoms with E-state index in [2.05, 4.69) is 45.3 Å². The number of imide groups is 1. The molecular formula is C21H31N3O2. The third-order valence-electron chi connectivity index (χ3n) is 5.81. The number of hydrogen-bond donors (Lipinski definition) is 2. The Bertz CT molecular complexity index is 698. The van der Waals surface area contributed by atoms with Gasteiger partial charge in [-0.05, 0) is 46.1 Å². The van der Waals surface area contributed by atoms with Crippen LogP contribution in [0.25, 0.3) is 0 Å². The molecule has 1 spiro atoms. The summed E-state index contributed by atoms with van der Waals surface area (Å²) in [6.45, 7) is 11.0. The Morgan fingerprint density at radius 1 is 1.12 bits per heavy atom. The first-order chi connectivity index (χ1) is 12.1. The van der Waals surface area contributed by atoms with Crippen LogP contribution in [0.2, 0.25) is 0 Å². The Kier molecular flexibility index (Phi) is 4.63. The highest BCUT2D eigenvalue weighted by Crippen LogP contribution is 2.46. The Hall–Kier alpha value is -1.88. The second-order valence-electron chi connectivity index (χ2n) is 9.03. The van der Waals surface area contributed by atoms with Crippen molar-refractivity contribution in [2.75, 3.05) is 0 Å². The first kappa shape index (κ1) is 18.9. The van der Waals surface area contributed by atoms with Crippen molar-refractivity contribution in [1.82, 2.24) is 15.5 Å². The molecule has 0 saturated carbocycles. The van der Waals surface area contributed by atoms with E-state index in [4.69, 9.17) is 0 Å². The molecule has 2 atom stereocenters. The highest BCUT2D eigenvalue weighted by atomic mass is 16.2. The Morgan fingerprint density at radius 2 is 1.77 bits per heavy atom. The smallest absolute Gasteiger partial charge is 0.323 e. The molecule has 5 heteroatoms. The van der Waals surface area contributed by atoms with E-state index in [1.165, 1.54) is 4.90 Å². The minimum absolute atomic E-state index is 0.0465. The zero-order chi connectivity index (χ0) is 19.2. The van der Waals surface area contributed by atoms with Crippen LogP contribution in [0.15, 0.2) is 30.3 Å². The van der Waals surface area contributed by atoms with Crippen molar-refractivity contribution in [2.24, 2.45) is 5.92 Å². The normalized spacial score (nSPS) is 29.9. The van der Waals surface area contributed by atoms with Gasteiger partial charge in [-0.1, -0.05) is 43.7 Å². The van der Waals surface area contributed by atoms with Crippen LogP contribution in [0.4, 0.5) is 4.79 Å². The molecule has 0 aromatic heterocycles. The molecule has 2 unspecified atom stereocenters. The number of carbonyl (C=O) groups excluding carboxylic acids is 2. The van der Waals surface area contributed by atoms with Crippen LogP contribution in [0.5, 0.6) is 0 Å². The minimum atomic E-state index is -0.833. The molecule has 1 aromatic rings. The summed E-state index contributed by atoms with van der Waals surface area (Å²) >= 11 is 0. The average molecular weight is 357 g/mol. The van der Waals surface area contributed by atoms with E-state index in [-0.39, 0.29) is 28.9 Å². The number of nitrogens with one attached hydrogen (secondary N) is 2. The van der Waals surface area contributed by atoms with Gasteiger partial charge in [0, 0.05) is 17.0 Å². The lowest BCUT2D eigenvalue weighted by Gasteiger charge is -2.56. The van der Waals surface area contributed by atoms with Crippen molar-refractivity contribution in [3.63, 3.8) is 0 Å². The van der Waals surface area contributed by atoms with Gasteiger partial charge in [-0.15, -0.1) is 0 Å². The predicted octanol–water partition coefficient (Wildman–Crippen LogP) is 3.44. The molecule has 2 heterocycles. The maximum Gasteiger partial charge on any atom is 0.325 e. The molecule has 142 valence electrons. The zero-order valence-electron chi connectivity index (χ0n) is 16.6. The van der Waals surface area contributed by atoms with Crippen molar-refractivity contribution in [3.8, 4) is 0 Å². The summed E-state index contributed by atoms with van der Waals surface area (Å²) in [4.78, 5) is 27.8. The maximum atomic E-state index is 13.6. The number of hydrogen-bond acceptors (Lipinski definition) is 3. The summed E-state index contributed by atoms with van der Waals surface area (Å²) in [6, 6.07) is 9.43. The fourth-order valence-electron chi connectivity index (χ4n) is 5.25. The van der Waals surface area contributed by atoms with Crippen LogP contribution in [0.1, 0.15) is 59.4 Å². The topological polar surface area (TPSA) is 61.4 Å². The fourth-order valence-corrected chi connectivity index (χ4v) is 5.25. The molecule has 0 radical (unpaired) electrons. The van der Waals surface area contributed by atoms with Crippen molar-refractivity contribution in [2.45, 2.75) is 77.0 Å². The summed E-state index contributed by atoms with van der Waals surface area (Å²) < 4.78 is 0. The molecule has 0 aliphatic carbocycles. The van der Waals surface area contributed by atoms with Crippen molar-refractivity contribution >= 4 is 11.9 Å². The van der Waals surface area contributed by atoms with E-state index in [9.17, 15) is 9.59 Å². The van der Waals surface area contributed by atoms with Gasteiger partial charge in [0.05, 0.1) is 6.54 Å². The third-order valence-corrected chi connectivity index (χ3v) is 5.81. The standard InChI is InChI=1S/C21H31N3O2/c1-6-10-16-20(4,5)23-19(2,3)14-21(16)17(25)24(18(26)22-21)13-15-11-8-7-9-12-15/h7-9,11-12,16,23H,6,10,13-14H2,1-5H3,(H,22,26). The molecule has 2 aliphatic rings. The van der Waals surface area contributed by atoms with Gasteiger partial charge in [0.1, 0.15) is 5.54 Å².